The van der Waals surface area contributed by atoms with E-state index < -0.39 is 11.0 Å². The van der Waals surface area contributed by atoms with Crippen molar-refractivity contribution in [3.8, 4) is 0 Å². The van der Waals surface area contributed by atoms with Crippen LogP contribution in [0.2, 0.25) is 0 Å². The van der Waals surface area contributed by atoms with Crippen molar-refractivity contribution >= 4 is 28.6 Å². The van der Waals surface area contributed by atoms with Gasteiger partial charge < -0.3 is 16.0 Å². The number of carbonyl (C=O) groups excluding carboxylic acids is 2. The topological polar surface area (TPSA) is 103 Å². The summed E-state index contributed by atoms with van der Waals surface area (Å²) in [7, 11) is -1.30. The van der Waals surface area contributed by atoms with Gasteiger partial charge in [0.25, 0.3) is 0 Å². The van der Waals surface area contributed by atoms with Crippen LogP contribution >= 0.6 is 0 Å². The van der Waals surface area contributed by atoms with E-state index in [-0.39, 0.29) is 18.0 Å². The Morgan fingerprint density at radius 3 is 2.71 bits per heavy atom. The predicted molar refractivity (Wildman–Crippen MR) is 107 cm³/mol. The monoisotopic (exact) mass is 401 g/mol. The molecule has 0 bridgehead atoms. The third kappa shape index (κ3) is 5.61. The Labute approximate surface area is 166 Å². The van der Waals surface area contributed by atoms with Crippen LogP contribution in [0.5, 0.6) is 0 Å². The van der Waals surface area contributed by atoms with Crippen LogP contribution in [-0.4, -0.2) is 44.6 Å². The van der Waals surface area contributed by atoms with Crippen molar-refractivity contribution in [2.45, 2.75) is 30.8 Å². The number of pyridine rings is 1. The van der Waals surface area contributed by atoms with Crippen LogP contribution in [0, 0.1) is 0 Å². The number of anilines is 1. The number of amides is 3. The number of hydrogen-bond acceptors (Lipinski definition) is 4. The smallest absolute Gasteiger partial charge is 0.319 e. The molecule has 1 aliphatic heterocycles. The standard InChI is InChI=1S/C19H23N5O3S/c1-14(25)22-17-8-10-24(13-17)28(27)18-6-4-16(5-7-18)23-19(26)21-12-15-3-2-9-20-11-15/h2-7,9,11,17H,8,10,12-13H2,1H3,(H,22,25)(H2,21,23,26)/t17-,28?/m1/s1. The summed E-state index contributed by atoms with van der Waals surface area (Å²) in [6.07, 6.45) is 4.15. The molecule has 9 heteroatoms. The molecule has 3 rings (SSSR count). The number of benzene rings is 1. The van der Waals surface area contributed by atoms with Gasteiger partial charge in [0.05, 0.1) is 4.90 Å². The lowest BCUT2D eigenvalue weighted by Gasteiger charge is -2.16. The lowest BCUT2D eigenvalue weighted by molar-refractivity contribution is -0.119. The van der Waals surface area contributed by atoms with E-state index in [4.69, 9.17) is 0 Å². The molecule has 1 fully saturated rings. The van der Waals surface area contributed by atoms with E-state index in [1.165, 1.54) is 6.92 Å². The van der Waals surface area contributed by atoms with E-state index in [0.717, 1.165) is 12.0 Å². The van der Waals surface area contributed by atoms with Gasteiger partial charge in [-0.1, -0.05) is 6.07 Å². The molecule has 2 atom stereocenters. The molecular weight excluding hydrogens is 378 g/mol. The molecule has 0 radical (unpaired) electrons. The lowest BCUT2D eigenvalue weighted by atomic mass is 10.3. The first-order chi connectivity index (χ1) is 13.5. The van der Waals surface area contributed by atoms with Gasteiger partial charge in [-0.25, -0.2) is 13.3 Å². The first-order valence-electron chi connectivity index (χ1n) is 8.99. The summed E-state index contributed by atoms with van der Waals surface area (Å²) < 4.78 is 14.5. The maximum atomic E-state index is 12.7. The molecule has 1 unspecified atom stereocenters. The molecule has 1 aromatic heterocycles. The summed E-state index contributed by atoms with van der Waals surface area (Å²) in [5, 5.41) is 8.36. The first-order valence-corrected chi connectivity index (χ1v) is 10.1. The number of nitrogens with zero attached hydrogens (tertiary/aromatic N) is 2. The molecule has 0 saturated carbocycles. The number of carbonyl (C=O) groups is 2. The maximum absolute atomic E-state index is 12.7. The Balaban J connectivity index is 1.49. The number of urea groups is 1. The fourth-order valence-electron chi connectivity index (χ4n) is 2.95. The summed E-state index contributed by atoms with van der Waals surface area (Å²) in [5.74, 6) is -0.0742. The minimum atomic E-state index is -1.30. The maximum Gasteiger partial charge on any atom is 0.319 e. The summed E-state index contributed by atoms with van der Waals surface area (Å²) >= 11 is 0. The van der Waals surface area contributed by atoms with Gasteiger partial charge in [-0.15, -0.1) is 0 Å². The van der Waals surface area contributed by atoms with Gasteiger partial charge >= 0.3 is 6.03 Å². The van der Waals surface area contributed by atoms with Gasteiger partial charge in [0, 0.05) is 50.7 Å². The molecule has 148 valence electrons. The van der Waals surface area contributed by atoms with Gasteiger partial charge in [0.15, 0.2) is 0 Å². The third-order valence-electron chi connectivity index (χ3n) is 4.28. The molecule has 2 aromatic rings. The zero-order valence-corrected chi connectivity index (χ0v) is 16.4. The lowest BCUT2D eigenvalue weighted by Crippen LogP contribution is -2.35. The molecule has 1 aliphatic rings. The molecule has 1 saturated heterocycles. The fourth-order valence-corrected chi connectivity index (χ4v) is 4.20. The van der Waals surface area contributed by atoms with Crippen molar-refractivity contribution in [1.29, 1.82) is 0 Å². The molecule has 0 aliphatic carbocycles. The highest BCUT2D eigenvalue weighted by molar-refractivity contribution is 7.82. The quantitative estimate of drug-likeness (QED) is 0.684. The Morgan fingerprint density at radius 1 is 1.25 bits per heavy atom. The average Bonchev–Trinajstić information content (AvgIpc) is 3.15. The van der Waals surface area contributed by atoms with Gasteiger partial charge in [0.1, 0.15) is 11.0 Å². The van der Waals surface area contributed by atoms with Crippen LogP contribution in [0.4, 0.5) is 10.5 Å². The Morgan fingerprint density at radius 2 is 2.04 bits per heavy atom. The zero-order valence-electron chi connectivity index (χ0n) is 15.6. The number of hydrogen-bond donors (Lipinski definition) is 3. The second-order valence-corrected chi connectivity index (χ2v) is 8.00. The van der Waals surface area contributed by atoms with E-state index in [1.807, 2.05) is 16.4 Å². The number of nitrogens with one attached hydrogen (secondary N) is 3. The SMILES string of the molecule is CC(=O)N[C@@H]1CCN(S(=O)c2ccc(NC(=O)NCc3cccnc3)cc2)C1. The zero-order chi connectivity index (χ0) is 19.9. The van der Waals surface area contributed by atoms with Crippen LogP contribution in [0.1, 0.15) is 18.9 Å². The predicted octanol–water partition coefficient (Wildman–Crippen LogP) is 1.64. The normalized spacial score (nSPS) is 17.7. The molecule has 0 spiro atoms. The van der Waals surface area contributed by atoms with Crippen LogP contribution in [0.3, 0.4) is 0 Å². The van der Waals surface area contributed by atoms with Crippen molar-refractivity contribution in [3.05, 3.63) is 54.4 Å². The molecule has 1 aromatic carbocycles. The second kappa shape index (κ2) is 9.43. The fraction of sp³-hybridized carbons (Fsp3) is 0.316. The first kappa shape index (κ1) is 20.0. The van der Waals surface area contributed by atoms with Gasteiger partial charge in [-0.3, -0.25) is 9.78 Å². The molecule has 8 nitrogen and oxygen atoms in total. The van der Waals surface area contributed by atoms with E-state index in [9.17, 15) is 13.8 Å². The Hall–Kier alpha value is -2.78. The molecule has 3 amide bonds. The highest BCUT2D eigenvalue weighted by atomic mass is 32.2. The second-order valence-electron chi connectivity index (χ2n) is 6.52. The summed E-state index contributed by atoms with van der Waals surface area (Å²) in [6, 6.07) is 10.3. The van der Waals surface area contributed by atoms with Crippen LogP contribution in [0.15, 0.2) is 53.7 Å². The van der Waals surface area contributed by atoms with E-state index >= 15 is 0 Å². The molecule has 28 heavy (non-hydrogen) atoms. The number of aromatic nitrogens is 1. The summed E-state index contributed by atoms with van der Waals surface area (Å²) in [5.41, 5.74) is 1.52. The highest BCUT2D eigenvalue weighted by Crippen LogP contribution is 2.19. The number of rotatable bonds is 6. The minimum Gasteiger partial charge on any atom is -0.352 e. The van der Waals surface area contributed by atoms with Crippen molar-refractivity contribution in [1.82, 2.24) is 19.9 Å². The highest BCUT2D eigenvalue weighted by Gasteiger charge is 2.27. The van der Waals surface area contributed by atoms with E-state index in [0.29, 0.717) is 30.2 Å². The average molecular weight is 401 g/mol. The largest absolute Gasteiger partial charge is 0.352 e. The third-order valence-corrected chi connectivity index (χ3v) is 5.76. The van der Waals surface area contributed by atoms with E-state index in [1.54, 1.807) is 36.7 Å². The summed E-state index contributed by atoms with van der Waals surface area (Å²) in [6.45, 7) is 3.09. The Kier molecular flexibility index (Phi) is 6.72. The van der Waals surface area contributed by atoms with Crippen LogP contribution in [-0.2, 0) is 22.3 Å². The van der Waals surface area contributed by atoms with Crippen molar-refractivity contribution < 1.29 is 13.8 Å². The van der Waals surface area contributed by atoms with Crippen molar-refractivity contribution in [3.63, 3.8) is 0 Å². The van der Waals surface area contributed by atoms with Gasteiger partial charge in [-0.05, 0) is 42.3 Å². The van der Waals surface area contributed by atoms with Crippen LogP contribution < -0.4 is 16.0 Å². The van der Waals surface area contributed by atoms with Gasteiger partial charge in [0.2, 0.25) is 5.91 Å². The summed E-state index contributed by atoms with van der Waals surface area (Å²) in [4.78, 5) is 27.8. The van der Waals surface area contributed by atoms with Gasteiger partial charge in [-0.2, -0.15) is 0 Å². The minimum absolute atomic E-state index is 0.0332. The Bertz CT molecular complexity index is 844. The van der Waals surface area contributed by atoms with E-state index in [2.05, 4.69) is 20.9 Å². The van der Waals surface area contributed by atoms with Crippen LogP contribution in [0.25, 0.3) is 0 Å². The molecule has 3 N–H and O–H groups in total. The van der Waals surface area contributed by atoms with Crippen molar-refractivity contribution in [2.75, 3.05) is 18.4 Å². The molecular formula is C19H23N5O3S. The van der Waals surface area contributed by atoms with Crippen molar-refractivity contribution in [2.24, 2.45) is 0 Å². The molecule has 2 heterocycles.